The predicted octanol–water partition coefficient (Wildman–Crippen LogP) is -0.218. The Balaban J connectivity index is 0. The summed E-state index contributed by atoms with van der Waals surface area (Å²) in [5, 5.41) is 16.4. The standard InChI is InChI=1S/C5H13BO3.B/c1-2-3-4-5-9-6(7)8;/h7-8H,2-5H2,1H3;. The van der Waals surface area contributed by atoms with Crippen LogP contribution in [0.5, 0.6) is 0 Å². The Kier molecular flexibility index (Phi) is 11.4. The van der Waals surface area contributed by atoms with E-state index in [9.17, 15) is 0 Å². The molecule has 0 aromatic heterocycles. The van der Waals surface area contributed by atoms with Crippen LogP contribution < -0.4 is 0 Å². The first kappa shape index (κ1) is 12.7. The zero-order valence-corrected chi connectivity index (χ0v) is 6.29. The molecular formula is C5H13B2O3. The minimum absolute atomic E-state index is 0. The lowest BCUT2D eigenvalue weighted by atomic mass is 10.2. The second kappa shape index (κ2) is 9.01. The Labute approximate surface area is 64.2 Å². The van der Waals surface area contributed by atoms with Crippen LogP contribution in [0.4, 0.5) is 0 Å². The molecule has 0 aliphatic rings. The molecule has 3 radical (unpaired) electrons. The van der Waals surface area contributed by atoms with Crippen molar-refractivity contribution in [2.45, 2.75) is 26.2 Å². The van der Waals surface area contributed by atoms with E-state index < -0.39 is 7.32 Å². The average Bonchev–Trinajstić information content (AvgIpc) is 1.80. The normalized spacial score (nSPS) is 8.70. The van der Waals surface area contributed by atoms with Gasteiger partial charge in [0, 0.05) is 15.0 Å². The second-order valence-electron chi connectivity index (χ2n) is 1.90. The third-order valence-electron chi connectivity index (χ3n) is 1.01. The van der Waals surface area contributed by atoms with Crippen LogP contribution in [0.3, 0.4) is 0 Å². The van der Waals surface area contributed by atoms with Crippen LogP contribution in [-0.4, -0.2) is 32.4 Å². The van der Waals surface area contributed by atoms with Crippen molar-refractivity contribution in [3.05, 3.63) is 0 Å². The lowest BCUT2D eigenvalue weighted by molar-refractivity contribution is 0.182. The molecule has 0 heterocycles. The van der Waals surface area contributed by atoms with E-state index in [0.717, 1.165) is 19.3 Å². The maximum absolute atomic E-state index is 8.19. The number of hydrogen-bond acceptors (Lipinski definition) is 3. The minimum Gasteiger partial charge on any atom is -0.402 e. The van der Waals surface area contributed by atoms with Gasteiger partial charge >= 0.3 is 7.32 Å². The molecule has 0 fully saturated rings. The first-order chi connectivity index (χ1) is 4.27. The fourth-order valence-corrected chi connectivity index (χ4v) is 0.541. The van der Waals surface area contributed by atoms with Gasteiger partial charge in [0.1, 0.15) is 0 Å². The van der Waals surface area contributed by atoms with E-state index in [4.69, 9.17) is 10.0 Å². The monoisotopic (exact) mass is 143 g/mol. The highest BCUT2D eigenvalue weighted by Crippen LogP contribution is 1.93. The van der Waals surface area contributed by atoms with Crippen molar-refractivity contribution in [1.29, 1.82) is 0 Å². The van der Waals surface area contributed by atoms with Gasteiger partial charge in [0.15, 0.2) is 0 Å². The van der Waals surface area contributed by atoms with Crippen LogP contribution in [0.15, 0.2) is 0 Å². The molecular weight excluding hydrogens is 130 g/mol. The number of rotatable bonds is 5. The zero-order chi connectivity index (χ0) is 7.11. The molecule has 0 aromatic rings. The van der Waals surface area contributed by atoms with Crippen molar-refractivity contribution in [1.82, 2.24) is 0 Å². The molecule has 0 aromatic carbocycles. The van der Waals surface area contributed by atoms with Gasteiger partial charge in [-0.05, 0) is 6.42 Å². The van der Waals surface area contributed by atoms with Crippen LogP contribution in [0.1, 0.15) is 26.2 Å². The van der Waals surface area contributed by atoms with Crippen molar-refractivity contribution in [2.75, 3.05) is 6.61 Å². The summed E-state index contributed by atoms with van der Waals surface area (Å²) in [7, 11) is -1.60. The lowest BCUT2D eigenvalue weighted by Gasteiger charge is -1.99. The third-order valence-corrected chi connectivity index (χ3v) is 1.01. The van der Waals surface area contributed by atoms with Gasteiger partial charge in [-0.15, -0.1) is 0 Å². The highest BCUT2D eigenvalue weighted by molar-refractivity contribution is 6.32. The van der Waals surface area contributed by atoms with Gasteiger partial charge < -0.3 is 14.7 Å². The quantitative estimate of drug-likeness (QED) is 0.413. The van der Waals surface area contributed by atoms with Gasteiger partial charge in [-0.3, -0.25) is 0 Å². The molecule has 0 saturated heterocycles. The van der Waals surface area contributed by atoms with E-state index in [1.54, 1.807) is 0 Å². The van der Waals surface area contributed by atoms with E-state index in [-0.39, 0.29) is 8.41 Å². The molecule has 10 heavy (non-hydrogen) atoms. The largest absolute Gasteiger partial charge is 0.633 e. The molecule has 0 unspecified atom stereocenters. The van der Waals surface area contributed by atoms with E-state index in [1.807, 2.05) is 0 Å². The van der Waals surface area contributed by atoms with E-state index in [0.29, 0.717) is 6.61 Å². The smallest absolute Gasteiger partial charge is 0.402 e. The molecule has 3 nitrogen and oxygen atoms in total. The van der Waals surface area contributed by atoms with Crippen LogP contribution >= 0.6 is 0 Å². The molecule has 0 saturated carbocycles. The lowest BCUT2D eigenvalue weighted by Crippen LogP contribution is -2.17. The molecule has 0 bridgehead atoms. The molecule has 5 heteroatoms. The fraction of sp³-hybridized carbons (Fsp3) is 1.00. The van der Waals surface area contributed by atoms with Crippen LogP contribution in [-0.2, 0) is 4.65 Å². The highest BCUT2D eigenvalue weighted by atomic mass is 16.6. The topological polar surface area (TPSA) is 49.7 Å². The molecule has 0 aliphatic heterocycles. The minimum atomic E-state index is -1.60. The van der Waals surface area contributed by atoms with Crippen molar-refractivity contribution < 1.29 is 14.7 Å². The van der Waals surface area contributed by atoms with Gasteiger partial charge in [-0.25, -0.2) is 0 Å². The van der Waals surface area contributed by atoms with Crippen LogP contribution in [0.25, 0.3) is 0 Å². The third kappa shape index (κ3) is 10.9. The Hall–Kier alpha value is 0.00987. The Morgan fingerprint density at radius 1 is 1.30 bits per heavy atom. The summed E-state index contributed by atoms with van der Waals surface area (Å²) in [6, 6.07) is 0. The molecule has 0 atom stereocenters. The summed E-state index contributed by atoms with van der Waals surface area (Å²) in [4.78, 5) is 0. The summed E-state index contributed by atoms with van der Waals surface area (Å²) < 4.78 is 4.46. The maximum atomic E-state index is 8.19. The van der Waals surface area contributed by atoms with Crippen molar-refractivity contribution in [2.24, 2.45) is 0 Å². The van der Waals surface area contributed by atoms with Gasteiger partial charge in [0.05, 0.1) is 0 Å². The van der Waals surface area contributed by atoms with Crippen LogP contribution in [0, 0.1) is 0 Å². The maximum Gasteiger partial charge on any atom is 0.633 e. The summed E-state index contributed by atoms with van der Waals surface area (Å²) in [6.07, 6.45) is 3.09. The molecule has 0 spiro atoms. The average molecular weight is 143 g/mol. The first-order valence-corrected chi connectivity index (χ1v) is 3.25. The van der Waals surface area contributed by atoms with Crippen molar-refractivity contribution in [3.63, 3.8) is 0 Å². The first-order valence-electron chi connectivity index (χ1n) is 3.25. The van der Waals surface area contributed by atoms with Gasteiger partial charge in [-0.1, -0.05) is 19.8 Å². The van der Waals surface area contributed by atoms with Crippen molar-refractivity contribution in [3.8, 4) is 0 Å². The molecule has 2 N–H and O–H groups in total. The van der Waals surface area contributed by atoms with Crippen molar-refractivity contribution >= 4 is 15.7 Å². The highest BCUT2D eigenvalue weighted by Gasteiger charge is 2.05. The number of hydrogen-bond donors (Lipinski definition) is 2. The van der Waals surface area contributed by atoms with Gasteiger partial charge in [0.2, 0.25) is 0 Å². The molecule has 57 valence electrons. The summed E-state index contributed by atoms with van der Waals surface area (Å²) in [6.45, 7) is 2.51. The Bertz CT molecular complexity index is 60.9. The number of unbranched alkanes of at least 4 members (excludes halogenated alkanes) is 2. The van der Waals surface area contributed by atoms with Gasteiger partial charge in [0.25, 0.3) is 0 Å². The van der Waals surface area contributed by atoms with E-state index in [2.05, 4.69) is 11.6 Å². The Morgan fingerprint density at radius 2 is 1.90 bits per heavy atom. The predicted molar refractivity (Wildman–Crippen MR) is 41.4 cm³/mol. The summed E-state index contributed by atoms with van der Waals surface area (Å²) in [5.74, 6) is 0. The fourth-order valence-electron chi connectivity index (χ4n) is 0.541. The van der Waals surface area contributed by atoms with E-state index in [1.165, 1.54) is 0 Å². The summed E-state index contributed by atoms with van der Waals surface area (Å²) >= 11 is 0. The molecule has 0 aliphatic carbocycles. The van der Waals surface area contributed by atoms with Crippen LogP contribution in [0.2, 0.25) is 0 Å². The summed E-state index contributed by atoms with van der Waals surface area (Å²) in [5.41, 5.74) is 0. The zero-order valence-electron chi connectivity index (χ0n) is 6.29. The Morgan fingerprint density at radius 3 is 2.30 bits per heavy atom. The second-order valence-corrected chi connectivity index (χ2v) is 1.90. The van der Waals surface area contributed by atoms with Gasteiger partial charge in [-0.2, -0.15) is 0 Å². The molecule has 0 amide bonds. The molecule has 0 rings (SSSR count). The SMILES string of the molecule is CCCCCOB(O)O.[B]. The van der Waals surface area contributed by atoms with E-state index >= 15 is 0 Å².